The van der Waals surface area contributed by atoms with Crippen molar-refractivity contribution in [3.05, 3.63) is 29.3 Å². The lowest BCUT2D eigenvalue weighted by molar-refractivity contribution is -0.121. The van der Waals surface area contributed by atoms with Crippen molar-refractivity contribution in [3.63, 3.8) is 0 Å². The number of phenols is 1. The van der Waals surface area contributed by atoms with Crippen LogP contribution in [-0.2, 0) is 17.8 Å². The standard InChI is InChI=1S/C9H9NO2/c11-8-2-1-6-5-10-9(12)4-7(6)3-8/h1-3,11H,4-5H2,(H,10,12). The van der Waals surface area contributed by atoms with Gasteiger partial charge in [-0.25, -0.2) is 0 Å². The Morgan fingerprint density at radius 3 is 3.00 bits per heavy atom. The van der Waals surface area contributed by atoms with Crippen LogP contribution < -0.4 is 5.32 Å². The van der Waals surface area contributed by atoms with E-state index in [9.17, 15) is 4.79 Å². The van der Waals surface area contributed by atoms with E-state index in [4.69, 9.17) is 5.11 Å². The number of fused-ring (bicyclic) bond motifs is 1. The van der Waals surface area contributed by atoms with E-state index in [1.165, 1.54) is 0 Å². The Morgan fingerprint density at radius 2 is 2.17 bits per heavy atom. The topological polar surface area (TPSA) is 49.3 Å². The summed E-state index contributed by atoms with van der Waals surface area (Å²) in [7, 11) is 0. The highest BCUT2D eigenvalue weighted by molar-refractivity contribution is 5.80. The first-order valence-electron chi connectivity index (χ1n) is 3.83. The molecule has 3 nitrogen and oxygen atoms in total. The molecule has 1 aromatic rings. The van der Waals surface area contributed by atoms with Gasteiger partial charge in [0.05, 0.1) is 6.42 Å². The van der Waals surface area contributed by atoms with E-state index in [0.29, 0.717) is 13.0 Å². The largest absolute Gasteiger partial charge is 0.508 e. The summed E-state index contributed by atoms with van der Waals surface area (Å²) >= 11 is 0. The Labute approximate surface area is 70.0 Å². The first-order chi connectivity index (χ1) is 5.75. The van der Waals surface area contributed by atoms with E-state index < -0.39 is 0 Å². The lowest BCUT2D eigenvalue weighted by atomic mass is 10.0. The summed E-state index contributed by atoms with van der Waals surface area (Å²) < 4.78 is 0. The molecule has 0 spiro atoms. The normalized spacial score (nSPS) is 15.2. The molecule has 0 saturated carbocycles. The highest BCUT2D eigenvalue weighted by atomic mass is 16.3. The van der Waals surface area contributed by atoms with Gasteiger partial charge in [0.1, 0.15) is 5.75 Å². The van der Waals surface area contributed by atoms with Crippen LogP contribution in [0.4, 0.5) is 0 Å². The van der Waals surface area contributed by atoms with Gasteiger partial charge < -0.3 is 10.4 Å². The highest BCUT2D eigenvalue weighted by Gasteiger charge is 2.14. The predicted molar refractivity (Wildman–Crippen MR) is 43.7 cm³/mol. The molecule has 1 amide bonds. The minimum Gasteiger partial charge on any atom is -0.508 e. The molecule has 2 rings (SSSR count). The lowest BCUT2D eigenvalue weighted by Gasteiger charge is -2.16. The van der Waals surface area contributed by atoms with Crippen LogP contribution in [0.1, 0.15) is 11.1 Å². The van der Waals surface area contributed by atoms with Gasteiger partial charge in [-0.3, -0.25) is 4.79 Å². The van der Waals surface area contributed by atoms with Gasteiger partial charge in [0.25, 0.3) is 0 Å². The Balaban J connectivity index is 2.44. The van der Waals surface area contributed by atoms with Crippen LogP contribution in [0.25, 0.3) is 0 Å². The number of hydrogen-bond acceptors (Lipinski definition) is 2. The summed E-state index contributed by atoms with van der Waals surface area (Å²) in [6.45, 7) is 0.578. The summed E-state index contributed by atoms with van der Waals surface area (Å²) in [5.74, 6) is 0.247. The fourth-order valence-corrected chi connectivity index (χ4v) is 1.38. The molecule has 0 radical (unpaired) electrons. The van der Waals surface area contributed by atoms with Crippen LogP contribution in [0, 0.1) is 0 Å². The van der Waals surface area contributed by atoms with Gasteiger partial charge in [0.2, 0.25) is 5.91 Å². The molecule has 3 heteroatoms. The van der Waals surface area contributed by atoms with E-state index in [1.807, 2.05) is 6.07 Å². The second kappa shape index (κ2) is 2.52. The van der Waals surface area contributed by atoms with Crippen LogP contribution in [0.3, 0.4) is 0 Å². The van der Waals surface area contributed by atoms with Gasteiger partial charge >= 0.3 is 0 Å². The van der Waals surface area contributed by atoms with E-state index >= 15 is 0 Å². The number of carbonyl (C=O) groups excluding carboxylic acids is 1. The second-order valence-corrected chi connectivity index (χ2v) is 2.91. The van der Waals surface area contributed by atoms with Crippen molar-refractivity contribution in [2.45, 2.75) is 13.0 Å². The fraction of sp³-hybridized carbons (Fsp3) is 0.222. The van der Waals surface area contributed by atoms with Crippen molar-refractivity contribution in [1.82, 2.24) is 5.32 Å². The molecule has 0 fully saturated rings. The molecule has 62 valence electrons. The SMILES string of the molecule is O=C1Cc2cc(O)ccc2CN1. The zero-order chi connectivity index (χ0) is 8.55. The molecule has 0 aromatic heterocycles. The number of aromatic hydroxyl groups is 1. The molecule has 1 aromatic carbocycles. The van der Waals surface area contributed by atoms with E-state index in [2.05, 4.69) is 5.32 Å². The zero-order valence-electron chi connectivity index (χ0n) is 6.50. The molecular weight excluding hydrogens is 154 g/mol. The fourth-order valence-electron chi connectivity index (χ4n) is 1.38. The summed E-state index contributed by atoms with van der Waals surface area (Å²) in [5.41, 5.74) is 2.02. The van der Waals surface area contributed by atoms with Crippen molar-refractivity contribution in [2.75, 3.05) is 0 Å². The summed E-state index contributed by atoms with van der Waals surface area (Å²) in [6, 6.07) is 5.12. The molecule has 1 aliphatic heterocycles. The van der Waals surface area contributed by atoms with Gasteiger partial charge in [0, 0.05) is 6.54 Å². The summed E-state index contributed by atoms with van der Waals surface area (Å²) in [6.07, 6.45) is 0.379. The van der Waals surface area contributed by atoms with Gasteiger partial charge in [-0.05, 0) is 23.3 Å². The third-order valence-electron chi connectivity index (χ3n) is 2.02. The molecule has 1 heterocycles. The number of benzene rings is 1. The van der Waals surface area contributed by atoms with Gasteiger partial charge in [-0.15, -0.1) is 0 Å². The van der Waals surface area contributed by atoms with Gasteiger partial charge in [0.15, 0.2) is 0 Å². The average Bonchev–Trinajstić information content (AvgIpc) is 2.03. The molecule has 12 heavy (non-hydrogen) atoms. The molecular formula is C9H9NO2. The minimum atomic E-state index is 0.0214. The Kier molecular flexibility index (Phi) is 1.50. The maximum Gasteiger partial charge on any atom is 0.224 e. The van der Waals surface area contributed by atoms with Gasteiger partial charge in [-0.1, -0.05) is 6.07 Å². The van der Waals surface area contributed by atoms with E-state index in [0.717, 1.165) is 11.1 Å². The third kappa shape index (κ3) is 1.13. The Morgan fingerprint density at radius 1 is 1.33 bits per heavy atom. The maximum absolute atomic E-state index is 10.9. The average molecular weight is 163 g/mol. The quantitative estimate of drug-likeness (QED) is 0.587. The van der Waals surface area contributed by atoms with Crippen molar-refractivity contribution < 1.29 is 9.90 Å². The first kappa shape index (κ1) is 7.16. The molecule has 0 unspecified atom stereocenters. The minimum absolute atomic E-state index is 0.0214. The zero-order valence-corrected chi connectivity index (χ0v) is 6.50. The highest BCUT2D eigenvalue weighted by Crippen LogP contribution is 2.19. The van der Waals surface area contributed by atoms with Crippen molar-refractivity contribution in [3.8, 4) is 5.75 Å². The maximum atomic E-state index is 10.9. The van der Waals surface area contributed by atoms with Crippen LogP contribution in [0.15, 0.2) is 18.2 Å². The number of rotatable bonds is 0. The molecule has 0 atom stereocenters. The van der Waals surface area contributed by atoms with Crippen LogP contribution in [-0.4, -0.2) is 11.0 Å². The summed E-state index contributed by atoms with van der Waals surface area (Å²) in [4.78, 5) is 10.9. The number of hydrogen-bond donors (Lipinski definition) is 2. The van der Waals surface area contributed by atoms with Gasteiger partial charge in [-0.2, -0.15) is 0 Å². The molecule has 2 N–H and O–H groups in total. The lowest BCUT2D eigenvalue weighted by Crippen LogP contribution is -2.30. The van der Waals surface area contributed by atoms with E-state index in [1.54, 1.807) is 12.1 Å². The van der Waals surface area contributed by atoms with Crippen LogP contribution in [0.5, 0.6) is 5.75 Å². The third-order valence-corrected chi connectivity index (χ3v) is 2.02. The number of nitrogens with one attached hydrogen (secondary N) is 1. The van der Waals surface area contributed by atoms with E-state index in [-0.39, 0.29) is 11.7 Å². The number of carbonyl (C=O) groups is 1. The van der Waals surface area contributed by atoms with Crippen molar-refractivity contribution in [1.29, 1.82) is 0 Å². The first-order valence-corrected chi connectivity index (χ1v) is 3.83. The van der Waals surface area contributed by atoms with Crippen molar-refractivity contribution >= 4 is 5.91 Å². The molecule has 0 bridgehead atoms. The summed E-state index contributed by atoms with van der Waals surface area (Å²) in [5, 5.41) is 11.9. The smallest absolute Gasteiger partial charge is 0.224 e. The number of phenolic OH excluding ortho intramolecular Hbond substituents is 1. The van der Waals surface area contributed by atoms with Crippen LogP contribution >= 0.6 is 0 Å². The Hall–Kier alpha value is -1.51. The predicted octanol–water partition coefficient (Wildman–Crippen LogP) is 0.565. The Bertz CT molecular complexity index is 333. The molecule has 0 aliphatic carbocycles. The molecule has 0 saturated heterocycles. The molecule has 1 aliphatic rings. The van der Waals surface area contributed by atoms with Crippen molar-refractivity contribution in [2.24, 2.45) is 0 Å². The monoisotopic (exact) mass is 163 g/mol. The number of amides is 1. The van der Waals surface area contributed by atoms with Crippen LogP contribution in [0.2, 0.25) is 0 Å². The second-order valence-electron chi connectivity index (χ2n) is 2.91.